The standard InChI is InChI=1S/C22H25N3O3S/c1-15-9-10-18(13-16(15)2)29-14-19(26)24-25-20(27)22(3,23-21(25)28)12-11-17-7-5-4-6-8-17/h4-10,13H,11-12,14H2,1-3H3,(H,23,28)(H,24,26)/t22-/m1/s1. The van der Waals surface area contributed by atoms with E-state index in [1.165, 1.54) is 17.3 Å². The lowest BCUT2D eigenvalue weighted by Gasteiger charge is -2.21. The van der Waals surface area contributed by atoms with Gasteiger partial charge in [0.15, 0.2) is 0 Å². The van der Waals surface area contributed by atoms with Crippen molar-refractivity contribution in [2.45, 2.75) is 44.0 Å². The van der Waals surface area contributed by atoms with Crippen LogP contribution in [-0.4, -0.2) is 34.1 Å². The summed E-state index contributed by atoms with van der Waals surface area (Å²) < 4.78 is 0. The fraction of sp³-hybridized carbons (Fsp3) is 0.318. The highest BCUT2D eigenvalue weighted by molar-refractivity contribution is 8.00. The molecule has 152 valence electrons. The van der Waals surface area contributed by atoms with E-state index in [9.17, 15) is 14.4 Å². The number of aryl methyl sites for hydroxylation is 3. The number of thioether (sulfide) groups is 1. The molecule has 2 aromatic carbocycles. The van der Waals surface area contributed by atoms with Crippen molar-refractivity contribution in [2.75, 3.05) is 5.75 Å². The Hall–Kier alpha value is -2.80. The number of nitrogens with one attached hydrogen (secondary N) is 2. The maximum Gasteiger partial charge on any atom is 0.344 e. The van der Waals surface area contributed by atoms with E-state index in [4.69, 9.17) is 0 Å². The lowest BCUT2D eigenvalue weighted by Crippen LogP contribution is -2.49. The van der Waals surface area contributed by atoms with Crippen molar-refractivity contribution in [3.8, 4) is 0 Å². The number of imide groups is 1. The van der Waals surface area contributed by atoms with Gasteiger partial charge in [0.05, 0.1) is 5.75 Å². The third-order valence-electron chi connectivity index (χ3n) is 5.10. The van der Waals surface area contributed by atoms with E-state index < -0.39 is 23.4 Å². The Labute approximate surface area is 175 Å². The molecule has 4 amide bonds. The molecule has 1 aliphatic rings. The van der Waals surface area contributed by atoms with Crippen molar-refractivity contribution in [1.29, 1.82) is 0 Å². The van der Waals surface area contributed by atoms with Gasteiger partial charge in [0.25, 0.3) is 5.91 Å². The third kappa shape index (κ3) is 4.98. The van der Waals surface area contributed by atoms with E-state index in [1.807, 2.05) is 62.4 Å². The number of carbonyl (C=O) groups excluding carboxylic acids is 3. The first-order valence-electron chi connectivity index (χ1n) is 9.49. The van der Waals surface area contributed by atoms with Crippen molar-refractivity contribution < 1.29 is 14.4 Å². The highest BCUT2D eigenvalue weighted by Crippen LogP contribution is 2.23. The van der Waals surface area contributed by atoms with Crippen molar-refractivity contribution in [3.63, 3.8) is 0 Å². The number of benzene rings is 2. The van der Waals surface area contributed by atoms with Crippen LogP contribution in [0.2, 0.25) is 0 Å². The molecule has 0 bridgehead atoms. The number of amides is 4. The van der Waals surface area contributed by atoms with Gasteiger partial charge in [0, 0.05) is 4.90 Å². The van der Waals surface area contributed by atoms with Crippen LogP contribution < -0.4 is 10.7 Å². The molecule has 1 fully saturated rings. The summed E-state index contributed by atoms with van der Waals surface area (Å²) in [6, 6.07) is 15.1. The van der Waals surface area contributed by atoms with Crippen LogP contribution in [0.15, 0.2) is 53.4 Å². The van der Waals surface area contributed by atoms with Crippen molar-refractivity contribution in [2.24, 2.45) is 0 Å². The molecule has 7 heteroatoms. The smallest absolute Gasteiger partial charge is 0.322 e. The molecular formula is C22H25N3O3S. The topological polar surface area (TPSA) is 78.5 Å². The molecule has 0 saturated carbocycles. The minimum absolute atomic E-state index is 0.111. The second-order valence-corrected chi connectivity index (χ2v) is 8.51. The Balaban J connectivity index is 1.56. The monoisotopic (exact) mass is 411 g/mol. The number of hydrogen-bond donors (Lipinski definition) is 2. The molecule has 0 unspecified atom stereocenters. The van der Waals surface area contributed by atoms with Crippen LogP contribution in [0.1, 0.15) is 30.0 Å². The van der Waals surface area contributed by atoms with E-state index in [2.05, 4.69) is 10.7 Å². The Bertz CT molecular complexity index is 932. The van der Waals surface area contributed by atoms with Crippen LogP contribution in [0.4, 0.5) is 4.79 Å². The highest BCUT2D eigenvalue weighted by atomic mass is 32.2. The zero-order valence-electron chi connectivity index (χ0n) is 16.8. The Morgan fingerprint density at radius 2 is 1.83 bits per heavy atom. The Kier molecular flexibility index (Phi) is 6.27. The number of urea groups is 1. The van der Waals surface area contributed by atoms with Gasteiger partial charge in [0.1, 0.15) is 5.54 Å². The van der Waals surface area contributed by atoms with Gasteiger partial charge in [0.2, 0.25) is 5.91 Å². The predicted molar refractivity (Wildman–Crippen MR) is 113 cm³/mol. The molecular weight excluding hydrogens is 386 g/mol. The van der Waals surface area contributed by atoms with E-state index in [0.717, 1.165) is 21.0 Å². The number of hydrazine groups is 1. The lowest BCUT2D eigenvalue weighted by molar-refractivity contribution is -0.138. The first-order valence-corrected chi connectivity index (χ1v) is 10.5. The number of carbonyl (C=O) groups is 3. The van der Waals surface area contributed by atoms with Gasteiger partial charge < -0.3 is 5.32 Å². The minimum atomic E-state index is -1.04. The highest BCUT2D eigenvalue weighted by Gasteiger charge is 2.48. The quantitative estimate of drug-likeness (QED) is 0.541. The number of hydrogen-bond acceptors (Lipinski definition) is 4. The maximum absolute atomic E-state index is 12.8. The maximum atomic E-state index is 12.8. The van der Waals surface area contributed by atoms with Crippen LogP contribution in [0, 0.1) is 13.8 Å². The summed E-state index contributed by atoms with van der Waals surface area (Å²) in [6.07, 6.45) is 1.10. The van der Waals surface area contributed by atoms with Gasteiger partial charge in [-0.2, -0.15) is 5.01 Å². The Morgan fingerprint density at radius 1 is 1.10 bits per heavy atom. The van der Waals surface area contributed by atoms with Crippen LogP contribution in [-0.2, 0) is 16.0 Å². The molecule has 29 heavy (non-hydrogen) atoms. The van der Waals surface area contributed by atoms with Gasteiger partial charge in [-0.25, -0.2) is 4.79 Å². The molecule has 0 aliphatic carbocycles. The SMILES string of the molecule is Cc1ccc(SCC(=O)NN2C(=O)N[C@](C)(CCc3ccccc3)C2=O)cc1C. The molecule has 1 heterocycles. The summed E-state index contributed by atoms with van der Waals surface area (Å²) in [6.45, 7) is 5.73. The van der Waals surface area contributed by atoms with Crippen LogP contribution in [0.5, 0.6) is 0 Å². The summed E-state index contributed by atoms with van der Waals surface area (Å²) in [4.78, 5) is 38.3. The lowest BCUT2D eigenvalue weighted by atomic mass is 9.93. The minimum Gasteiger partial charge on any atom is -0.322 e. The number of nitrogens with zero attached hydrogens (tertiary/aromatic N) is 1. The molecule has 0 spiro atoms. The molecule has 2 aromatic rings. The molecule has 1 aliphatic heterocycles. The molecule has 1 atom stereocenters. The largest absolute Gasteiger partial charge is 0.344 e. The summed E-state index contributed by atoms with van der Waals surface area (Å²) >= 11 is 1.36. The van der Waals surface area contributed by atoms with E-state index in [0.29, 0.717) is 12.8 Å². The fourth-order valence-electron chi connectivity index (χ4n) is 3.10. The first-order chi connectivity index (χ1) is 13.8. The third-order valence-corrected chi connectivity index (χ3v) is 6.10. The molecule has 0 aromatic heterocycles. The van der Waals surface area contributed by atoms with Crippen molar-refractivity contribution in [1.82, 2.24) is 15.8 Å². The molecule has 0 radical (unpaired) electrons. The fourth-order valence-corrected chi connectivity index (χ4v) is 3.89. The molecule has 3 rings (SSSR count). The van der Waals surface area contributed by atoms with Crippen LogP contribution >= 0.6 is 11.8 Å². The first kappa shape index (κ1) is 20.9. The summed E-state index contributed by atoms with van der Waals surface area (Å²) in [7, 11) is 0. The summed E-state index contributed by atoms with van der Waals surface area (Å²) in [5.41, 5.74) is 4.83. The van der Waals surface area contributed by atoms with Gasteiger partial charge in [-0.3, -0.25) is 15.0 Å². The zero-order chi connectivity index (χ0) is 21.0. The molecule has 2 N–H and O–H groups in total. The number of rotatable bonds is 7. The van der Waals surface area contributed by atoms with Gasteiger partial charge in [-0.1, -0.05) is 36.4 Å². The average molecular weight is 412 g/mol. The molecule has 1 saturated heterocycles. The van der Waals surface area contributed by atoms with Crippen molar-refractivity contribution >= 4 is 29.6 Å². The van der Waals surface area contributed by atoms with Gasteiger partial charge in [-0.05, 0) is 62.4 Å². The Morgan fingerprint density at radius 3 is 2.52 bits per heavy atom. The van der Waals surface area contributed by atoms with E-state index >= 15 is 0 Å². The zero-order valence-corrected chi connectivity index (χ0v) is 17.6. The summed E-state index contributed by atoms with van der Waals surface area (Å²) in [5, 5.41) is 3.51. The second-order valence-electron chi connectivity index (χ2n) is 7.46. The van der Waals surface area contributed by atoms with Crippen LogP contribution in [0.3, 0.4) is 0 Å². The average Bonchev–Trinajstić information content (AvgIpc) is 2.91. The second kappa shape index (κ2) is 8.69. The van der Waals surface area contributed by atoms with Gasteiger partial charge in [-0.15, -0.1) is 11.8 Å². The van der Waals surface area contributed by atoms with Gasteiger partial charge >= 0.3 is 6.03 Å². The molecule has 6 nitrogen and oxygen atoms in total. The van der Waals surface area contributed by atoms with Crippen molar-refractivity contribution in [3.05, 3.63) is 65.2 Å². The predicted octanol–water partition coefficient (Wildman–Crippen LogP) is 3.37. The van der Waals surface area contributed by atoms with E-state index in [-0.39, 0.29) is 5.75 Å². The summed E-state index contributed by atoms with van der Waals surface area (Å²) in [5.74, 6) is -0.729. The normalized spacial score (nSPS) is 18.7. The van der Waals surface area contributed by atoms with Crippen LogP contribution in [0.25, 0.3) is 0 Å². The van der Waals surface area contributed by atoms with E-state index in [1.54, 1.807) is 6.92 Å².